The second-order valence-electron chi connectivity index (χ2n) is 17.7. The van der Waals surface area contributed by atoms with Crippen LogP contribution in [0.2, 0.25) is 0 Å². The predicted octanol–water partition coefficient (Wildman–Crippen LogP) is 15.9. The molecule has 4 nitrogen and oxygen atoms in total. The van der Waals surface area contributed by atoms with E-state index in [-0.39, 0.29) is 0 Å². The Hall–Kier alpha value is -9.12. The lowest BCUT2D eigenvalue weighted by atomic mass is 9.67. The van der Waals surface area contributed by atoms with Gasteiger partial charge < -0.3 is 0 Å². The molecule has 10 aromatic carbocycles. The molecule has 2 heterocycles. The minimum atomic E-state index is -0.537. The summed E-state index contributed by atoms with van der Waals surface area (Å²) >= 11 is 0. The number of fused-ring (bicyclic) bond motifs is 6. The van der Waals surface area contributed by atoms with E-state index in [1.165, 1.54) is 38.8 Å². The van der Waals surface area contributed by atoms with Crippen molar-refractivity contribution >= 4 is 21.7 Å². The van der Waals surface area contributed by atoms with E-state index in [1.807, 2.05) is 36.4 Å². The van der Waals surface area contributed by atoms with Gasteiger partial charge in [0.05, 0.1) is 16.6 Å². The summed E-state index contributed by atoms with van der Waals surface area (Å²) in [5.41, 5.74) is 17.0. The highest BCUT2D eigenvalue weighted by Gasteiger charge is 2.46. The third kappa shape index (κ3) is 6.84. The van der Waals surface area contributed by atoms with E-state index in [9.17, 15) is 0 Å². The third-order valence-corrected chi connectivity index (χ3v) is 13.8. The lowest BCUT2D eigenvalue weighted by Gasteiger charge is -2.34. The summed E-state index contributed by atoms with van der Waals surface area (Å²) in [4.78, 5) is 20.7. The van der Waals surface area contributed by atoms with Gasteiger partial charge in [-0.15, -0.1) is 0 Å². The van der Waals surface area contributed by atoms with Gasteiger partial charge in [-0.3, -0.25) is 0 Å². The monoisotopic (exact) mass is 878 g/mol. The zero-order valence-electron chi connectivity index (χ0n) is 37.5. The van der Waals surface area contributed by atoms with Crippen LogP contribution in [0, 0.1) is 0 Å². The maximum atomic E-state index is 5.23. The Morgan fingerprint density at radius 3 is 1.33 bits per heavy atom. The molecular weight excluding hydrogens is 837 g/mol. The van der Waals surface area contributed by atoms with Crippen molar-refractivity contribution in [2.45, 2.75) is 5.41 Å². The van der Waals surface area contributed by atoms with E-state index in [0.29, 0.717) is 17.5 Å². The summed E-state index contributed by atoms with van der Waals surface area (Å²) in [6.07, 6.45) is 0. The molecule has 69 heavy (non-hydrogen) atoms. The minimum absolute atomic E-state index is 0.537. The summed E-state index contributed by atoms with van der Waals surface area (Å²) in [6, 6.07) is 90.9. The Balaban J connectivity index is 1.02. The first-order chi connectivity index (χ1) is 34.2. The number of benzene rings is 10. The van der Waals surface area contributed by atoms with Crippen molar-refractivity contribution < 1.29 is 0 Å². The lowest BCUT2D eigenvalue weighted by molar-refractivity contribution is 0.769. The van der Waals surface area contributed by atoms with Crippen LogP contribution >= 0.6 is 0 Å². The summed E-state index contributed by atoms with van der Waals surface area (Å²) in [7, 11) is 0. The van der Waals surface area contributed by atoms with Crippen LogP contribution < -0.4 is 0 Å². The van der Waals surface area contributed by atoms with Gasteiger partial charge in [0.25, 0.3) is 0 Å². The smallest absolute Gasteiger partial charge is 0.164 e. The number of nitrogens with zero attached hydrogens (tertiary/aromatic N) is 4. The standard InChI is InChI=1S/C65H42N4/c1-5-19-45(20-6-1)62-67-63(46-21-7-2-8-22-46)69-64(68-62)50-40-48(43-33-35-44(36-34-43)61-57-30-14-13-27-53(57)56-29-16-18-32-60(56)66-61)39-49(41-50)47-37-38-55-54-28-15-17-31-58(54)65(59(55)42-47,51-23-9-3-10-24-51)52-25-11-4-12-26-52/h1-42H. The number of rotatable bonds is 8. The van der Waals surface area contributed by atoms with Crippen molar-refractivity contribution in [2.24, 2.45) is 0 Å². The largest absolute Gasteiger partial charge is 0.247 e. The molecule has 13 rings (SSSR count). The van der Waals surface area contributed by atoms with Crippen LogP contribution in [0.3, 0.4) is 0 Å². The van der Waals surface area contributed by atoms with Crippen LogP contribution in [0.1, 0.15) is 22.3 Å². The maximum Gasteiger partial charge on any atom is 0.164 e. The van der Waals surface area contributed by atoms with Crippen molar-refractivity contribution in [1.82, 2.24) is 19.9 Å². The van der Waals surface area contributed by atoms with Crippen molar-refractivity contribution in [3.63, 3.8) is 0 Å². The first-order valence-corrected chi connectivity index (χ1v) is 23.5. The van der Waals surface area contributed by atoms with E-state index < -0.39 is 5.41 Å². The van der Waals surface area contributed by atoms with Crippen molar-refractivity contribution in [2.75, 3.05) is 0 Å². The molecule has 0 bridgehead atoms. The Kier molecular flexibility index (Phi) is 9.69. The summed E-state index contributed by atoms with van der Waals surface area (Å²) < 4.78 is 0. The van der Waals surface area contributed by atoms with Gasteiger partial charge in [-0.25, -0.2) is 19.9 Å². The van der Waals surface area contributed by atoms with Gasteiger partial charge >= 0.3 is 0 Å². The van der Waals surface area contributed by atoms with Crippen molar-refractivity contribution in [3.05, 3.63) is 277 Å². The van der Waals surface area contributed by atoms with Gasteiger partial charge in [0.15, 0.2) is 17.5 Å². The molecule has 4 heteroatoms. The fourth-order valence-electron chi connectivity index (χ4n) is 10.6. The first kappa shape index (κ1) is 40.2. The Morgan fingerprint density at radius 2 is 0.696 bits per heavy atom. The third-order valence-electron chi connectivity index (χ3n) is 13.8. The molecule has 0 fully saturated rings. The highest BCUT2D eigenvalue weighted by atomic mass is 15.0. The summed E-state index contributed by atoms with van der Waals surface area (Å²) in [5.74, 6) is 1.85. The van der Waals surface area contributed by atoms with Crippen LogP contribution in [0.5, 0.6) is 0 Å². The molecule has 0 N–H and O–H groups in total. The fourth-order valence-corrected chi connectivity index (χ4v) is 10.6. The summed E-state index contributed by atoms with van der Waals surface area (Å²) in [5, 5.41) is 3.48. The minimum Gasteiger partial charge on any atom is -0.247 e. The van der Waals surface area contributed by atoms with Crippen LogP contribution in [0.25, 0.3) is 100 Å². The molecule has 0 aliphatic heterocycles. The predicted molar refractivity (Wildman–Crippen MR) is 283 cm³/mol. The molecule has 12 aromatic rings. The second kappa shape index (κ2) is 16.6. The van der Waals surface area contributed by atoms with Gasteiger partial charge in [0, 0.05) is 33.0 Å². The molecule has 0 atom stereocenters. The first-order valence-electron chi connectivity index (χ1n) is 23.5. The summed E-state index contributed by atoms with van der Waals surface area (Å²) in [6.45, 7) is 0. The number of hydrogen-bond acceptors (Lipinski definition) is 4. The maximum absolute atomic E-state index is 5.23. The Morgan fingerprint density at radius 1 is 0.246 bits per heavy atom. The number of para-hydroxylation sites is 1. The van der Waals surface area contributed by atoms with Crippen LogP contribution in [0.4, 0.5) is 0 Å². The average Bonchev–Trinajstić information content (AvgIpc) is 3.74. The molecule has 0 radical (unpaired) electrons. The fraction of sp³-hybridized carbons (Fsp3) is 0.0154. The Labute approximate surface area is 401 Å². The molecule has 0 saturated heterocycles. The van der Waals surface area contributed by atoms with Gasteiger partial charge in [-0.05, 0) is 91.4 Å². The molecule has 0 saturated carbocycles. The lowest BCUT2D eigenvalue weighted by Crippen LogP contribution is -2.28. The Bertz CT molecular complexity index is 3770. The normalized spacial score (nSPS) is 12.5. The van der Waals surface area contributed by atoms with E-state index in [2.05, 4.69) is 218 Å². The molecule has 0 spiro atoms. The molecule has 322 valence electrons. The zero-order chi connectivity index (χ0) is 45.7. The molecular formula is C65H42N4. The van der Waals surface area contributed by atoms with Gasteiger partial charge in [-0.2, -0.15) is 0 Å². The van der Waals surface area contributed by atoms with Gasteiger partial charge in [0.2, 0.25) is 0 Å². The number of aromatic nitrogens is 4. The van der Waals surface area contributed by atoms with E-state index in [4.69, 9.17) is 19.9 Å². The second-order valence-corrected chi connectivity index (χ2v) is 17.7. The molecule has 1 aliphatic carbocycles. The zero-order valence-corrected chi connectivity index (χ0v) is 37.5. The topological polar surface area (TPSA) is 51.6 Å². The van der Waals surface area contributed by atoms with Crippen molar-refractivity contribution in [3.8, 4) is 78.8 Å². The molecule has 0 unspecified atom stereocenters. The van der Waals surface area contributed by atoms with Crippen LogP contribution in [0.15, 0.2) is 255 Å². The number of pyridine rings is 1. The SMILES string of the molecule is c1ccc(-c2nc(-c3ccccc3)nc(-c3cc(-c4ccc(-c5nc6ccccc6c6ccccc56)cc4)cc(-c4ccc5c(c4)C(c4ccccc4)(c4ccccc4)c4ccccc4-5)c3)n2)cc1. The van der Waals surface area contributed by atoms with Crippen molar-refractivity contribution in [1.29, 1.82) is 0 Å². The molecule has 2 aromatic heterocycles. The van der Waals surface area contributed by atoms with Gasteiger partial charge in [-0.1, -0.05) is 224 Å². The molecule has 0 amide bonds. The van der Waals surface area contributed by atoms with Crippen LogP contribution in [-0.2, 0) is 5.41 Å². The highest BCUT2D eigenvalue weighted by Crippen LogP contribution is 2.57. The van der Waals surface area contributed by atoms with Gasteiger partial charge in [0.1, 0.15) is 0 Å². The molecule has 1 aliphatic rings. The van der Waals surface area contributed by atoms with E-state index >= 15 is 0 Å². The quantitative estimate of drug-likeness (QED) is 0.143. The average molecular weight is 879 g/mol. The number of hydrogen-bond donors (Lipinski definition) is 0. The highest BCUT2D eigenvalue weighted by molar-refractivity contribution is 6.11. The van der Waals surface area contributed by atoms with E-state index in [0.717, 1.165) is 66.5 Å². The van der Waals surface area contributed by atoms with Crippen LogP contribution in [-0.4, -0.2) is 19.9 Å². The van der Waals surface area contributed by atoms with E-state index in [1.54, 1.807) is 0 Å².